The monoisotopic (exact) mass is 543 g/mol. The van der Waals surface area contributed by atoms with Crippen molar-refractivity contribution in [2.45, 2.75) is 13.8 Å². The van der Waals surface area contributed by atoms with Gasteiger partial charge < -0.3 is 20.1 Å². The van der Waals surface area contributed by atoms with Crippen molar-refractivity contribution in [2.75, 3.05) is 5.32 Å². The Labute approximate surface area is 220 Å². The molecule has 3 heterocycles. The lowest BCUT2D eigenvalue weighted by atomic mass is 9.81. The summed E-state index contributed by atoms with van der Waals surface area (Å²) in [6.07, 6.45) is 4.06. The molecule has 0 fully saturated rings. The molecule has 0 radical (unpaired) electrons. The Morgan fingerprint density at radius 3 is 2.35 bits per heavy atom. The highest BCUT2D eigenvalue weighted by atomic mass is 35.5. The normalized spacial score (nSPS) is 10.0. The van der Waals surface area contributed by atoms with Crippen LogP contribution in [0, 0.1) is 11.8 Å². The molecular weight excluding hydrogens is 523 g/mol. The standard InChI is InChI=1S/C17H10ClFN4OS.C5H5BFNO2.C2H6/c18-15-16(21-8-7-20-15)24-10-5-6-12(11(19)9-10)22-17-23-13-3-1-2-4-14(13)25-17;7-5-3-4(6(9)10)1-2-8-5;1-2/h1-9H,(H,22,23);1-3,9-10H;1-2H3. The lowest BCUT2D eigenvalue weighted by molar-refractivity contribution is 0.425. The first-order valence-electron chi connectivity index (χ1n) is 10.9. The zero-order chi connectivity index (χ0) is 26.8. The number of nitrogens with zero attached hydrogens (tertiary/aromatic N) is 4. The molecule has 0 saturated heterocycles. The summed E-state index contributed by atoms with van der Waals surface area (Å²) in [6, 6.07) is 14.5. The average molecular weight is 544 g/mol. The van der Waals surface area contributed by atoms with Gasteiger partial charge in [0.05, 0.1) is 15.9 Å². The number of pyridine rings is 1. The summed E-state index contributed by atoms with van der Waals surface area (Å²) in [4.78, 5) is 15.5. The van der Waals surface area contributed by atoms with Crippen LogP contribution in [-0.2, 0) is 0 Å². The summed E-state index contributed by atoms with van der Waals surface area (Å²) < 4.78 is 33.0. The summed E-state index contributed by atoms with van der Waals surface area (Å²) >= 11 is 7.33. The van der Waals surface area contributed by atoms with Gasteiger partial charge in [0, 0.05) is 24.7 Å². The van der Waals surface area contributed by atoms with Crippen LogP contribution in [0.2, 0.25) is 5.15 Å². The van der Waals surface area contributed by atoms with Crippen molar-refractivity contribution in [1.29, 1.82) is 0 Å². The fraction of sp³-hybridized carbons (Fsp3) is 0.0833. The fourth-order valence-corrected chi connectivity index (χ4v) is 3.79. The molecule has 5 aromatic rings. The molecular formula is C24H21BClF2N5O3S. The molecule has 0 amide bonds. The number of aromatic nitrogens is 4. The van der Waals surface area contributed by atoms with Gasteiger partial charge in [0.1, 0.15) is 11.6 Å². The molecule has 3 N–H and O–H groups in total. The molecule has 13 heteroatoms. The summed E-state index contributed by atoms with van der Waals surface area (Å²) in [6.45, 7) is 4.00. The van der Waals surface area contributed by atoms with E-state index in [9.17, 15) is 8.78 Å². The third-order valence-corrected chi connectivity index (χ3v) is 5.57. The van der Waals surface area contributed by atoms with Gasteiger partial charge in [-0.25, -0.2) is 24.3 Å². The summed E-state index contributed by atoms with van der Waals surface area (Å²) in [5.41, 5.74) is 1.27. The SMILES string of the molecule is CC.Fc1cc(Oc2nccnc2Cl)ccc1Nc1nc2ccccc2s1.OB(O)c1ccnc(F)c1. The van der Waals surface area contributed by atoms with E-state index in [0.717, 1.165) is 16.3 Å². The lowest BCUT2D eigenvalue weighted by Gasteiger charge is -2.08. The van der Waals surface area contributed by atoms with Gasteiger partial charge in [-0.3, -0.25) is 0 Å². The van der Waals surface area contributed by atoms with Crippen molar-refractivity contribution in [3.05, 3.63) is 90.1 Å². The van der Waals surface area contributed by atoms with Crippen LogP contribution < -0.4 is 15.5 Å². The van der Waals surface area contributed by atoms with E-state index in [1.54, 1.807) is 12.1 Å². The van der Waals surface area contributed by atoms with Crippen LogP contribution in [0.25, 0.3) is 10.2 Å². The van der Waals surface area contributed by atoms with E-state index < -0.39 is 18.9 Å². The van der Waals surface area contributed by atoms with E-state index in [1.807, 2.05) is 38.1 Å². The highest BCUT2D eigenvalue weighted by Gasteiger charge is 2.11. The second kappa shape index (κ2) is 13.6. The van der Waals surface area contributed by atoms with Crippen molar-refractivity contribution < 1.29 is 23.6 Å². The number of fused-ring (bicyclic) bond motifs is 1. The number of para-hydroxylation sites is 1. The molecule has 0 bridgehead atoms. The van der Waals surface area contributed by atoms with Gasteiger partial charge in [-0.1, -0.05) is 48.9 Å². The molecule has 0 spiro atoms. The maximum absolute atomic E-state index is 14.4. The smallest absolute Gasteiger partial charge is 0.436 e. The molecule has 0 aliphatic rings. The van der Waals surface area contributed by atoms with Crippen LogP contribution in [0.5, 0.6) is 11.6 Å². The first-order chi connectivity index (χ1) is 17.9. The number of rotatable bonds is 5. The van der Waals surface area contributed by atoms with Crippen molar-refractivity contribution in [1.82, 2.24) is 19.9 Å². The maximum Gasteiger partial charge on any atom is 0.488 e. The summed E-state index contributed by atoms with van der Waals surface area (Å²) in [5, 5.41) is 20.7. The van der Waals surface area contributed by atoms with E-state index >= 15 is 0 Å². The van der Waals surface area contributed by atoms with Crippen molar-refractivity contribution in [2.24, 2.45) is 0 Å². The molecule has 5 rings (SSSR count). The molecule has 0 aliphatic heterocycles. The van der Waals surface area contributed by atoms with Gasteiger partial charge in [-0.2, -0.15) is 4.39 Å². The predicted octanol–water partition coefficient (Wildman–Crippen LogP) is 5.34. The molecule has 190 valence electrons. The second-order valence-electron chi connectivity index (χ2n) is 6.79. The first-order valence-corrected chi connectivity index (χ1v) is 12.1. The average Bonchev–Trinajstić information content (AvgIpc) is 3.31. The van der Waals surface area contributed by atoms with Gasteiger partial charge >= 0.3 is 7.12 Å². The molecule has 2 aromatic carbocycles. The second-order valence-corrected chi connectivity index (χ2v) is 8.18. The number of hydrogen-bond donors (Lipinski definition) is 3. The van der Waals surface area contributed by atoms with Crippen molar-refractivity contribution in [3.8, 4) is 11.6 Å². The minimum atomic E-state index is -1.63. The summed E-state index contributed by atoms with van der Waals surface area (Å²) in [7, 11) is -1.63. The molecule has 0 unspecified atom stereocenters. The number of anilines is 2. The number of halogens is 3. The van der Waals surface area contributed by atoms with Crippen LogP contribution >= 0.6 is 22.9 Å². The highest BCUT2D eigenvalue weighted by Crippen LogP contribution is 2.31. The van der Waals surface area contributed by atoms with Crippen LogP contribution in [0.15, 0.2) is 73.2 Å². The summed E-state index contributed by atoms with van der Waals surface area (Å²) in [5.74, 6) is -0.799. The maximum atomic E-state index is 14.4. The van der Waals surface area contributed by atoms with Crippen molar-refractivity contribution >= 4 is 56.6 Å². The van der Waals surface area contributed by atoms with Gasteiger partial charge in [-0.15, -0.1) is 0 Å². The van der Waals surface area contributed by atoms with Crippen LogP contribution in [-0.4, -0.2) is 37.1 Å². The fourth-order valence-electron chi connectivity index (χ4n) is 2.77. The van der Waals surface area contributed by atoms with Crippen molar-refractivity contribution in [3.63, 3.8) is 0 Å². The zero-order valence-electron chi connectivity index (χ0n) is 19.6. The van der Waals surface area contributed by atoms with Gasteiger partial charge in [0.25, 0.3) is 5.88 Å². The number of ether oxygens (including phenoxy) is 1. The molecule has 37 heavy (non-hydrogen) atoms. The third-order valence-electron chi connectivity index (χ3n) is 4.36. The van der Waals surface area contributed by atoms with E-state index in [-0.39, 0.29) is 22.2 Å². The Morgan fingerprint density at radius 1 is 0.946 bits per heavy atom. The number of hydrogen-bond acceptors (Lipinski definition) is 9. The minimum absolute atomic E-state index is 0.104. The van der Waals surface area contributed by atoms with Crippen LogP contribution in [0.1, 0.15) is 13.8 Å². The molecule has 0 atom stereocenters. The third kappa shape index (κ3) is 7.89. The van der Waals surface area contributed by atoms with E-state index in [1.165, 1.54) is 42.1 Å². The molecule has 8 nitrogen and oxygen atoms in total. The molecule has 3 aromatic heterocycles. The van der Waals surface area contributed by atoms with E-state index in [4.69, 9.17) is 26.4 Å². The number of thiazole rings is 1. The number of benzene rings is 2. The first kappa shape index (κ1) is 27.9. The zero-order valence-corrected chi connectivity index (χ0v) is 21.2. The van der Waals surface area contributed by atoms with Crippen LogP contribution in [0.4, 0.5) is 19.6 Å². The van der Waals surface area contributed by atoms with Gasteiger partial charge in [-0.05, 0) is 41.9 Å². The van der Waals surface area contributed by atoms with E-state index in [0.29, 0.717) is 10.8 Å². The van der Waals surface area contributed by atoms with Gasteiger partial charge in [0.15, 0.2) is 10.3 Å². The lowest BCUT2D eigenvalue weighted by Crippen LogP contribution is -2.30. The van der Waals surface area contributed by atoms with E-state index in [2.05, 4.69) is 25.3 Å². The molecule has 0 aliphatic carbocycles. The quantitative estimate of drug-likeness (QED) is 0.201. The Kier molecular flexibility index (Phi) is 10.2. The Bertz CT molecular complexity index is 1430. The largest absolute Gasteiger partial charge is 0.488 e. The predicted molar refractivity (Wildman–Crippen MR) is 142 cm³/mol. The molecule has 0 saturated carbocycles. The highest BCUT2D eigenvalue weighted by molar-refractivity contribution is 7.22. The topological polar surface area (TPSA) is 113 Å². The minimum Gasteiger partial charge on any atom is -0.436 e. The number of nitrogens with one attached hydrogen (secondary N) is 1. The van der Waals surface area contributed by atoms with Gasteiger partial charge in [0.2, 0.25) is 5.95 Å². The Balaban J connectivity index is 0.000000266. The van der Waals surface area contributed by atoms with Crippen LogP contribution in [0.3, 0.4) is 0 Å². The Morgan fingerprint density at radius 2 is 1.70 bits per heavy atom. The Hall–Kier alpha value is -3.71.